The molecule has 176 valence electrons. The lowest BCUT2D eigenvalue weighted by Crippen LogP contribution is -2.36. The van der Waals surface area contributed by atoms with Gasteiger partial charge in [-0.1, -0.05) is 54.9 Å². The number of carbonyl (C=O) groups excluding carboxylic acids is 1. The van der Waals surface area contributed by atoms with Gasteiger partial charge in [-0.2, -0.15) is 0 Å². The molecular weight excluding hydrogens is 438 g/mol. The van der Waals surface area contributed by atoms with Gasteiger partial charge < -0.3 is 14.4 Å². The highest BCUT2D eigenvalue weighted by atomic mass is 35.5. The number of aromatic nitrogens is 2. The molecule has 33 heavy (non-hydrogen) atoms. The van der Waals surface area contributed by atoms with Crippen LogP contribution in [0, 0.1) is 12.8 Å². The molecule has 1 amide bonds. The third kappa shape index (κ3) is 4.42. The third-order valence-electron chi connectivity index (χ3n) is 7.60. The summed E-state index contributed by atoms with van der Waals surface area (Å²) in [5.41, 5.74) is 1.25. The van der Waals surface area contributed by atoms with E-state index in [2.05, 4.69) is 10.5 Å². The smallest absolute Gasteiger partial charge is 0.264 e. The van der Waals surface area contributed by atoms with Gasteiger partial charge in [-0.15, -0.1) is 0 Å². The number of hydrogen-bond donors (Lipinski definition) is 1. The Morgan fingerprint density at radius 1 is 1.12 bits per heavy atom. The number of carbonyl (C=O) groups is 1. The third-order valence-corrected chi connectivity index (χ3v) is 7.91. The van der Waals surface area contributed by atoms with Crippen LogP contribution in [0.5, 0.6) is 0 Å². The predicted molar refractivity (Wildman–Crippen MR) is 131 cm³/mol. The van der Waals surface area contributed by atoms with Crippen molar-refractivity contribution < 1.29 is 9.32 Å². The fourth-order valence-corrected chi connectivity index (χ4v) is 6.25. The van der Waals surface area contributed by atoms with Crippen molar-refractivity contribution in [2.24, 2.45) is 5.92 Å². The molecule has 2 aromatic heterocycles. The average Bonchev–Trinajstić information content (AvgIpc) is 3.00. The van der Waals surface area contributed by atoms with Crippen molar-refractivity contribution in [3.63, 3.8) is 0 Å². The van der Waals surface area contributed by atoms with Crippen molar-refractivity contribution >= 4 is 39.3 Å². The van der Waals surface area contributed by atoms with Gasteiger partial charge in [0, 0.05) is 23.9 Å². The van der Waals surface area contributed by atoms with E-state index in [4.69, 9.17) is 16.1 Å². The first-order valence-corrected chi connectivity index (χ1v) is 12.8. The first-order valence-electron chi connectivity index (χ1n) is 12.4. The van der Waals surface area contributed by atoms with Crippen LogP contribution in [0.1, 0.15) is 82.4 Å². The topological polar surface area (TPSA) is 77.1 Å². The molecule has 5 rings (SSSR count). The summed E-state index contributed by atoms with van der Waals surface area (Å²) in [6, 6.07) is 5.99. The fraction of sp³-hybridized carbons (Fsp3) is 0.577. The quantitative estimate of drug-likeness (QED) is 0.471. The lowest BCUT2D eigenvalue weighted by Gasteiger charge is -2.31. The van der Waals surface area contributed by atoms with E-state index < -0.39 is 0 Å². The second-order valence-electron chi connectivity index (χ2n) is 9.92. The van der Waals surface area contributed by atoms with Crippen LogP contribution in [0.3, 0.4) is 0 Å². The molecule has 2 aliphatic rings. The summed E-state index contributed by atoms with van der Waals surface area (Å²) in [6.45, 7) is 1.77. The van der Waals surface area contributed by atoms with Gasteiger partial charge in [-0.05, 0) is 57.1 Å². The molecule has 1 aromatic carbocycles. The molecule has 3 aromatic rings. The standard InChI is InChI=1S/C26H32ClN3O3/c1-16-23-25(29-33-16)24-20(27)12-7-13-21(24)30(26(23)32)19-11-6-8-17(14-19)15-22(31)28-18-9-4-2-3-5-10-18/h7,12-13,17-19H,2-6,8-11,14-15H2,1H3,(H,28,31). The Morgan fingerprint density at radius 3 is 2.70 bits per heavy atom. The van der Waals surface area contributed by atoms with E-state index in [1.54, 1.807) is 6.92 Å². The van der Waals surface area contributed by atoms with Crippen LogP contribution in [0.25, 0.3) is 21.8 Å². The van der Waals surface area contributed by atoms with E-state index in [0.29, 0.717) is 34.1 Å². The number of aryl methyl sites for hydroxylation is 1. The van der Waals surface area contributed by atoms with Crippen molar-refractivity contribution in [3.8, 4) is 0 Å². The molecule has 0 aliphatic heterocycles. The number of rotatable bonds is 4. The Kier molecular flexibility index (Phi) is 6.46. The summed E-state index contributed by atoms with van der Waals surface area (Å²) in [6.07, 6.45) is 11.5. The Hall–Kier alpha value is -2.34. The molecule has 0 radical (unpaired) electrons. The molecule has 0 spiro atoms. The fourth-order valence-electron chi connectivity index (χ4n) is 5.99. The zero-order valence-electron chi connectivity index (χ0n) is 19.2. The Labute approximate surface area is 198 Å². The highest BCUT2D eigenvalue weighted by Crippen LogP contribution is 2.38. The number of pyridine rings is 1. The Morgan fingerprint density at radius 2 is 1.91 bits per heavy atom. The van der Waals surface area contributed by atoms with Crippen LogP contribution in [0.15, 0.2) is 27.5 Å². The molecular formula is C26H32ClN3O3. The molecule has 0 saturated heterocycles. The summed E-state index contributed by atoms with van der Waals surface area (Å²) in [5, 5.41) is 9.27. The maximum absolute atomic E-state index is 13.6. The van der Waals surface area contributed by atoms with E-state index in [1.165, 1.54) is 25.7 Å². The summed E-state index contributed by atoms with van der Waals surface area (Å²) < 4.78 is 7.27. The van der Waals surface area contributed by atoms with Gasteiger partial charge in [0.1, 0.15) is 16.7 Å². The number of nitrogens with zero attached hydrogens (tertiary/aromatic N) is 2. The molecule has 2 atom stereocenters. The van der Waals surface area contributed by atoms with Crippen molar-refractivity contribution in [2.75, 3.05) is 0 Å². The van der Waals surface area contributed by atoms with Gasteiger partial charge >= 0.3 is 0 Å². The number of nitrogens with one attached hydrogen (secondary N) is 1. The van der Waals surface area contributed by atoms with Gasteiger partial charge in [-0.25, -0.2) is 0 Å². The maximum Gasteiger partial charge on any atom is 0.264 e. The van der Waals surface area contributed by atoms with E-state index >= 15 is 0 Å². The Balaban J connectivity index is 1.41. The summed E-state index contributed by atoms with van der Waals surface area (Å²) >= 11 is 6.56. The van der Waals surface area contributed by atoms with E-state index in [-0.39, 0.29) is 23.4 Å². The maximum atomic E-state index is 13.6. The van der Waals surface area contributed by atoms with Crippen molar-refractivity contribution in [3.05, 3.63) is 39.3 Å². The summed E-state index contributed by atoms with van der Waals surface area (Å²) in [7, 11) is 0. The second kappa shape index (κ2) is 9.49. The number of amides is 1. The minimum Gasteiger partial charge on any atom is -0.360 e. The molecule has 1 N–H and O–H groups in total. The zero-order valence-corrected chi connectivity index (χ0v) is 20.0. The number of fused-ring (bicyclic) bond motifs is 3. The monoisotopic (exact) mass is 469 g/mol. The first-order chi connectivity index (χ1) is 16.0. The largest absolute Gasteiger partial charge is 0.360 e. The van der Waals surface area contributed by atoms with Gasteiger partial charge in [0.2, 0.25) is 5.91 Å². The van der Waals surface area contributed by atoms with Crippen molar-refractivity contribution in [2.45, 2.75) is 89.6 Å². The molecule has 2 heterocycles. The summed E-state index contributed by atoms with van der Waals surface area (Å²) in [4.78, 5) is 26.4. The lowest BCUT2D eigenvalue weighted by atomic mass is 9.83. The minimum atomic E-state index is -0.0768. The SMILES string of the molecule is Cc1onc2c1c(=O)n(C1CCCC(CC(=O)NC3CCCCCC3)C1)c1cccc(Cl)c21. The van der Waals surface area contributed by atoms with Gasteiger partial charge in [0.25, 0.3) is 5.56 Å². The molecule has 2 saturated carbocycles. The Bertz CT molecular complexity index is 1220. The van der Waals surface area contributed by atoms with Crippen LogP contribution in [0.2, 0.25) is 5.02 Å². The van der Waals surface area contributed by atoms with Crippen molar-refractivity contribution in [1.29, 1.82) is 0 Å². The molecule has 7 heteroatoms. The molecule has 6 nitrogen and oxygen atoms in total. The predicted octanol–water partition coefficient (Wildman–Crippen LogP) is 6.06. The van der Waals surface area contributed by atoms with Gasteiger partial charge in [-0.3, -0.25) is 9.59 Å². The average molecular weight is 470 g/mol. The van der Waals surface area contributed by atoms with E-state index in [0.717, 1.165) is 49.4 Å². The van der Waals surface area contributed by atoms with Crippen LogP contribution >= 0.6 is 11.6 Å². The summed E-state index contributed by atoms with van der Waals surface area (Å²) in [5.74, 6) is 0.953. The second-order valence-corrected chi connectivity index (χ2v) is 10.3. The number of benzene rings is 1. The van der Waals surface area contributed by atoms with E-state index in [1.807, 2.05) is 22.8 Å². The van der Waals surface area contributed by atoms with Gasteiger partial charge in [0.05, 0.1) is 10.5 Å². The van der Waals surface area contributed by atoms with Crippen LogP contribution in [-0.2, 0) is 4.79 Å². The molecule has 2 aliphatic carbocycles. The normalized spacial score (nSPS) is 22.5. The highest BCUT2D eigenvalue weighted by Gasteiger charge is 2.29. The number of halogens is 1. The van der Waals surface area contributed by atoms with Crippen LogP contribution < -0.4 is 10.9 Å². The molecule has 2 unspecified atom stereocenters. The highest BCUT2D eigenvalue weighted by molar-refractivity contribution is 6.37. The van der Waals surface area contributed by atoms with E-state index in [9.17, 15) is 9.59 Å². The molecule has 2 fully saturated rings. The van der Waals surface area contributed by atoms with Crippen LogP contribution in [-0.4, -0.2) is 21.7 Å². The van der Waals surface area contributed by atoms with Gasteiger partial charge in [0.15, 0.2) is 0 Å². The minimum absolute atomic E-state index is 0.0293. The van der Waals surface area contributed by atoms with Crippen molar-refractivity contribution in [1.82, 2.24) is 15.0 Å². The first kappa shape index (κ1) is 22.5. The molecule has 0 bridgehead atoms. The zero-order chi connectivity index (χ0) is 22.9. The number of hydrogen-bond acceptors (Lipinski definition) is 4. The van der Waals surface area contributed by atoms with Crippen LogP contribution in [0.4, 0.5) is 0 Å². The lowest BCUT2D eigenvalue weighted by molar-refractivity contribution is -0.123.